The first kappa shape index (κ1) is 14.4. The lowest BCUT2D eigenvalue weighted by Gasteiger charge is -2.24. The van der Waals surface area contributed by atoms with Gasteiger partial charge in [-0.3, -0.25) is 4.68 Å². The van der Waals surface area contributed by atoms with Crippen molar-refractivity contribution in [3.63, 3.8) is 0 Å². The molecule has 2 N–H and O–H groups in total. The molecule has 0 radical (unpaired) electrons. The molecule has 0 aromatic carbocycles. The van der Waals surface area contributed by atoms with Crippen LogP contribution in [0, 0.1) is 5.92 Å². The van der Waals surface area contributed by atoms with Crippen LogP contribution in [0.2, 0.25) is 0 Å². The van der Waals surface area contributed by atoms with Gasteiger partial charge in [0.25, 0.3) is 0 Å². The Balaban J connectivity index is 2.19. The third-order valence-corrected chi connectivity index (χ3v) is 4.22. The molecule has 0 aliphatic heterocycles. The summed E-state index contributed by atoms with van der Waals surface area (Å²) in [7, 11) is 1.70. The molecule has 1 aliphatic carbocycles. The monoisotopic (exact) mass is 265 g/mol. The smallest absolute Gasteiger partial charge is 0.161 e. The van der Waals surface area contributed by atoms with Crippen LogP contribution in [-0.4, -0.2) is 16.9 Å². The van der Waals surface area contributed by atoms with Crippen LogP contribution in [0.3, 0.4) is 0 Å². The second-order valence-electron chi connectivity index (χ2n) is 5.60. The van der Waals surface area contributed by atoms with Gasteiger partial charge in [-0.05, 0) is 25.2 Å². The van der Waals surface area contributed by atoms with Gasteiger partial charge in [0, 0.05) is 6.54 Å². The number of nitrogens with two attached hydrogens (primary N) is 1. The Morgan fingerprint density at radius 3 is 2.63 bits per heavy atom. The molecule has 19 heavy (non-hydrogen) atoms. The molecule has 1 fully saturated rings. The van der Waals surface area contributed by atoms with Crippen LogP contribution in [0.5, 0.6) is 5.75 Å². The van der Waals surface area contributed by atoms with Gasteiger partial charge < -0.3 is 10.5 Å². The summed E-state index contributed by atoms with van der Waals surface area (Å²) >= 11 is 0. The maximum absolute atomic E-state index is 6.55. The van der Waals surface area contributed by atoms with E-state index in [4.69, 9.17) is 10.5 Å². The zero-order valence-corrected chi connectivity index (χ0v) is 12.3. The average molecular weight is 265 g/mol. The molecule has 1 saturated carbocycles. The molecule has 0 amide bonds. The van der Waals surface area contributed by atoms with Crippen molar-refractivity contribution in [2.75, 3.05) is 7.11 Å². The van der Waals surface area contributed by atoms with Gasteiger partial charge >= 0.3 is 0 Å². The van der Waals surface area contributed by atoms with E-state index in [9.17, 15) is 0 Å². The summed E-state index contributed by atoms with van der Waals surface area (Å²) in [5.41, 5.74) is 7.64. The number of aryl methyl sites for hydroxylation is 1. The summed E-state index contributed by atoms with van der Waals surface area (Å²) < 4.78 is 7.49. The molecular weight excluding hydrogens is 238 g/mol. The maximum Gasteiger partial charge on any atom is 0.161 e. The van der Waals surface area contributed by atoms with Crippen molar-refractivity contribution in [3.05, 3.63) is 11.9 Å². The lowest BCUT2D eigenvalue weighted by atomic mass is 9.90. The topological polar surface area (TPSA) is 53.1 Å². The molecule has 4 nitrogen and oxygen atoms in total. The largest absolute Gasteiger partial charge is 0.493 e. The number of ether oxygens (including phenoxy) is 1. The molecule has 1 unspecified atom stereocenters. The highest BCUT2D eigenvalue weighted by atomic mass is 16.5. The average Bonchev–Trinajstić information content (AvgIpc) is 2.64. The van der Waals surface area contributed by atoms with E-state index >= 15 is 0 Å². The van der Waals surface area contributed by atoms with Crippen molar-refractivity contribution in [1.29, 1.82) is 0 Å². The maximum atomic E-state index is 6.55. The Hall–Kier alpha value is -1.03. The normalized spacial score (nSPS) is 19.1. The summed E-state index contributed by atoms with van der Waals surface area (Å²) in [6.07, 6.45) is 10.7. The molecule has 108 valence electrons. The third-order valence-electron chi connectivity index (χ3n) is 4.22. The van der Waals surface area contributed by atoms with Crippen molar-refractivity contribution in [3.8, 4) is 5.75 Å². The molecule has 0 saturated heterocycles. The minimum Gasteiger partial charge on any atom is -0.493 e. The summed E-state index contributed by atoms with van der Waals surface area (Å²) in [6.45, 7) is 3.08. The molecule has 1 atom stereocenters. The number of hydrogen-bond donors (Lipinski definition) is 1. The Morgan fingerprint density at radius 1 is 1.37 bits per heavy atom. The van der Waals surface area contributed by atoms with Crippen molar-refractivity contribution in [2.24, 2.45) is 11.7 Å². The van der Waals surface area contributed by atoms with Gasteiger partial charge in [0.1, 0.15) is 0 Å². The molecular formula is C15H27N3O. The van der Waals surface area contributed by atoms with Crippen LogP contribution in [0.4, 0.5) is 0 Å². The SMILES string of the molecule is CCCn1ncc(OC)c1C(N)C1CCCCCC1. The Morgan fingerprint density at radius 2 is 2.05 bits per heavy atom. The quantitative estimate of drug-likeness (QED) is 0.831. The van der Waals surface area contributed by atoms with Gasteiger partial charge in [-0.25, -0.2) is 0 Å². The first-order chi connectivity index (χ1) is 9.27. The summed E-state index contributed by atoms with van der Waals surface area (Å²) in [4.78, 5) is 0. The number of hydrogen-bond acceptors (Lipinski definition) is 3. The summed E-state index contributed by atoms with van der Waals surface area (Å²) in [5, 5.41) is 4.43. The van der Waals surface area contributed by atoms with Crippen molar-refractivity contribution in [1.82, 2.24) is 9.78 Å². The molecule has 0 bridgehead atoms. The molecule has 1 heterocycles. The third kappa shape index (κ3) is 3.30. The van der Waals surface area contributed by atoms with E-state index in [-0.39, 0.29) is 6.04 Å². The molecule has 1 aliphatic rings. The number of rotatable bonds is 5. The van der Waals surface area contributed by atoms with Crippen LogP contribution in [0.1, 0.15) is 63.6 Å². The lowest BCUT2D eigenvalue weighted by Crippen LogP contribution is -2.25. The molecule has 2 rings (SSSR count). The fraction of sp³-hybridized carbons (Fsp3) is 0.800. The fourth-order valence-electron chi connectivity index (χ4n) is 3.15. The van der Waals surface area contributed by atoms with E-state index in [2.05, 4.69) is 12.0 Å². The van der Waals surface area contributed by atoms with E-state index in [0.717, 1.165) is 24.4 Å². The van der Waals surface area contributed by atoms with Crippen molar-refractivity contribution in [2.45, 2.75) is 64.5 Å². The van der Waals surface area contributed by atoms with Crippen molar-refractivity contribution < 1.29 is 4.74 Å². The predicted molar refractivity (Wildman–Crippen MR) is 77.2 cm³/mol. The van der Waals surface area contributed by atoms with Crippen molar-refractivity contribution >= 4 is 0 Å². The Bertz CT molecular complexity index is 381. The van der Waals surface area contributed by atoms with Crippen LogP contribution in [0.25, 0.3) is 0 Å². The zero-order chi connectivity index (χ0) is 13.7. The first-order valence-corrected chi connectivity index (χ1v) is 7.63. The van der Waals surface area contributed by atoms with E-state index in [0.29, 0.717) is 5.92 Å². The van der Waals surface area contributed by atoms with Gasteiger partial charge in [0.05, 0.1) is 25.0 Å². The standard InChI is InChI=1S/C15H27N3O/c1-3-10-18-15(13(19-2)11-17-18)14(16)12-8-6-4-5-7-9-12/h11-12,14H,3-10,16H2,1-2H3. The second kappa shape index (κ2) is 6.94. The molecule has 4 heteroatoms. The van der Waals surface area contributed by atoms with Gasteiger partial charge in [-0.2, -0.15) is 5.10 Å². The zero-order valence-electron chi connectivity index (χ0n) is 12.3. The van der Waals surface area contributed by atoms with E-state index in [1.54, 1.807) is 7.11 Å². The molecule has 0 spiro atoms. The van der Waals surface area contributed by atoms with E-state index < -0.39 is 0 Å². The highest BCUT2D eigenvalue weighted by Crippen LogP contribution is 2.35. The van der Waals surface area contributed by atoms with E-state index in [1.807, 2.05) is 10.9 Å². The van der Waals surface area contributed by atoms with Crippen LogP contribution in [-0.2, 0) is 6.54 Å². The first-order valence-electron chi connectivity index (χ1n) is 7.63. The van der Waals surface area contributed by atoms with Crippen LogP contribution >= 0.6 is 0 Å². The highest BCUT2D eigenvalue weighted by Gasteiger charge is 2.26. The summed E-state index contributed by atoms with van der Waals surface area (Å²) in [5.74, 6) is 1.42. The lowest BCUT2D eigenvalue weighted by molar-refractivity contribution is 0.342. The highest BCUT2D eigenvalue weighted by molar-refractivity contribution is 5.28. The minimum absolute atomic E-state index is 0.0575. The summed E-state index contributed by atoms with van der Waals surface area (Å²) in [6, 6.07) is 0.0575. The van der Waals surface area contributed by atoms with Gasteiger partial charge in [-0.1, -0.05) is 32.6 Å². The number of methoxy groups -OCH3 is 1. The Labute approximate surface area is 116 Å². The molecule has 1 aromatic heterocycles. The van der Waals surface area contributed by atoms with Crippen LogP contribution < -0.4 is 10.5 Å². The van der Waals surface area contributed by atoms with Crippen LogP contribution in [0.15, 0.2) is 6.20 Å². The Kier molecular flexibility index (Phi) is 5.25. The van der Waals surface area contributed by atoms with Gasteiger partial charge in [0.15, 0.2) is 5.75 Å². The minimum atomic E-state index is 0.0575. The van der Waals surface area contributed by atoms with Gasteiger partial charge in [-0.15, -0.1) is 0 Å². The van der Waals surface area contributed by atoms with Gasteiger partial charge in [0.2, 0.25) is 0 Å². The number of aromatic nitrogens is 2. The predicted octanol–water partition coefficient (Wildman–Crippen LogP) is 3.27. The van der Waals surface area contributed by atoms with E-state index in [1.165, 1.54) is 38.5 Å². The fourth-order valence-corrected chi connectivity index (χ4v) is 3.15. The second-order valence-corrected chi connectivity index (χ2v) is 5.60. The number of nitrogens with zero attached hydrogens (tertiary/aromatic N) is 2. The molecule has 1 aromatic rings.